The predicted molar refractivity (Wildman–Crippen MR) is 180 cm³/mol. The van der Waals surface area contributed by atoms with E-state index >= 15 is 0 Å². The average Bonchev–Trinajstić information content (AvgIpc) is 3.03. The molecule has 0 aliphatic carbocycles. The van der Waals surface area contributed by atoms with Crippen LogP contribution in [0.25, 0.3) is 0 Å². The third-order valence-electron chi connectivity index (χ3n) is 8.72. The zero-order valence-electron chi connectivity index (χ0n) is 25.6. The van der Waals surface area contributed by atoms with Crippen LogP contribution in [0.1, 0.15) is 64.9 Å². The second kappa shape index (κ2) is 16.9. The number of hydrogen-bond acceptors (Lipinski definition) is 0. The maximum Gasteiger partial charge on any atom is 0.104 e. The summed E-state index contributed by atoms with van der Waals surface area (Å²) in [5.74, 6) is 0. The standard InChI is InChI=1S/C19H18B.C19H34N/c1-20(17-11-5-2-6-12-17,18-13-7-3-8-14-18)19-15-9-4-10-16-19;1-4-7-15-20(16-8-5-2,17-9-6-3)18-19-13-11-10-12-14-19/h2-16H,1H3;10-14H,4-9,15-18H2,1-3H3/q-1;+1. The van der Waals surface area contributed by atoms with Crippen LogP contribution in [0.5, 0.6) is 0 Å². The fourth-order valence-electron chi connectivity index (χ4n) is 6.12. The number of unbranched alkanes of at least 4 members (excludes halogenated alkanes) is 3. The van der Waals surface area contributed by atoms with Crippen LogP contribution in [0.2, 0.25) is 6.82 Å². The van der Waals surface area contributed by atoms with Gasteiger partial charge in [0.25, 0.3) is 0 Å². The lowest BCUT2D eigenvalue weighted by Crippen LogP contribution is -2.64. The zero-order chi connectivity index (χ0) is 28.5. The van der Waals surface area contributed by atoms with Crippen molar-refractivity contribution in [2.75, 3.05) is 19.6 Å². The van der Waals surface area contributed by atoms with E-state index in [0.29, 0.717) is 0 Å². The van der Waals surface area contributed by atoms with Crippen LogP contribution in [0.15, 0.2) is 121 Å². The van der Waals surface area contributed by atoms with Crippen LogP contribution in [0.4, 0.5) is 0 Å². The summed E-state index contributed by atoms with van der Waals surface area (Å²) in [6.07, 6.45) is 7.11. The van der Waals surface area contributed by atoms with E-state index in [-0.39, 0.29) is 0 Å². The monoisotopic (exact) mass is 533 g/mol. The van der Waals surface area contributed by atoms with Gasteiger partial charge in [0.05, 0.1) is 25.8 Å². The second-order valence-corrected chi connectivity index (χ2v) is 11.7. The Morgan fingerprint density at radius 1 is 0.450 bits per heavy atom. The molecule has 0 amide bonds. The summed E-state index contributed by atoms with van der Waals surface area (Å²) in [7, 11) is 0. The van der Waals surface area contributed by atoms with Gasteiger partial charge in [-0.15, -0.1) is 0 Å². The minimum atomic E-state index is -0.912. The molecule has 0 saturated carbocycles. The molecule has 0 radical (unpaired) electrons. The van der Waals surface area contributed by atoms with Gasteiger partial charge in [-0.3, -0.25) is 0 Å². The highest BCUT2D eigenvalue weighted by atomic mass is 15.3. The predicted octanol–water partition coefficient (Wildman–Crippen LogP) is 8.19. The molecule has 1 nitrogen and oxygen atoms in total. The van der Waals surface area contributed by atoms with Gasteiger partial charge in [0, 0.05) is 5.56 Å². The van der Waals surface area contributed by atoms with E-state index in [4.69, 9.17) is 0 Å². The molecule has 0 aliphatic heterocycles. The van der Waals surface area contributed by atoms with Crippen molar-refractivity contribution in [2.45, 2.75) is 72.7 Å². The molecule has 0 N–H and O–H groups in total. The molecule has 0 atom stereocenters. The fraction of sp³-hybridized carbons (Fsp3) is 0.368. The molecule has 0 saturated heterocycles. The van der Waals surface area contributed by atoms with Crippen molar-refractivity contribution in [2.24, 2.45) is 0 Å². The molecule has 40 heavy (non-hydrogen) atoms. The van der Waals surface area contributed by atoms with Crippen molar-refractivity contribution >= 4 is 22.5 Å². The highest BCUT2D eigenvalue weighted by Crippen LogP contribution is 2.20. The summed E-state index contributed by atoms with van der Waals surface area (Å²) in [6.45, 7) is 14.6. The summed E-state index contributed by atoms with van der Waals surface area (Å²) in [6, 6.07) is 43.5. The molecule has 0 fully saturated rings. The third-order valence-corrected chi connectivity index (χ3v) is 8.72. The summed E-state index contributed by atoms with van der Waals surface area (Å²) in [4.78, 5) is 0. The van der Waals surface area contributed by atoms with Gasteiger partial charge in [0.2, 0.25) is 0 Å². The Morgan fingerprint density at radius 2 is 0.750 bits per heavy atom. The van der Waals surface area contributed by atoms with Gasteiger partial charge in [0.1, 0.15) is 6.54 Å². The van der Waals surface area contributed by atoms with E-state index in [1.165, 1.54) is 91.1 Å². The molecular formula is C38H52BN. The van der Waals surface area contributed by atoms with Crippen molar-refractivity contribution in [1.82, 2.24) is 0 Å². The van der Waals surface area contributed by atoms with E-state index < -0.39 is 6.15 Å². The minimum absolute atomic E-state index is 0.912. The van der Waals surface area contributed by atoms with Crippen molar-refractivity contribution in [1.29, 1.82) is 0 Å². The van der Waals surface area contributed by atoms with Crippen molar-refractivity contribution in [3.63, 3.8) is 0 Å². The van der Waals surface area contributed by atoms with Gasteiger partial charge in [-0.25, -0.2) is 16.4 Å². The molecule has 4 aromatic carbocycles. The highest BCUT2D eigenvalue weighted by molar-refractivity contribution is 7.10. The van der Waals surface area contributed by atoms with Crippen LogP contribution in [-0.4, -0.2) is 30.3 Å². The highest BCUT2D eigenvalue weighted by Gasteiger charge is 2.26. The first-order valence-corrected chi connectivity index (χ1v) is 15.8. The van der Waals surface area contributed by atoms with Crippen LogP contribution in [-0.2, 0) is 6.54 Å². The van der Waals surface area contributed by atoms with E-state index in [9.17, 15) is 0 Å². The first kappa shape index (κ1) is 31.4. The summed E-state index contributed by atoms with van der Waals surface area (Å²) >= 11 is 0. The maximum absolute atomic E-state index is 2.36. The lowest BCUT2D eigenvalue weighted by atomic mass is 9.17. The fourth-order valence-corrected chi connectivity index (χ4v) is 6.12. The van der Waals surface area contributed by atoms with Crippen molar-refractivity contribution in [3.8, 4) is 0 Å². The van der Waals surface area contributed by atoms with Gasteiger partial charge in [-0.2, -0.15) is 6.82 Å². The molecular weight excluding hydrogens is 481 g/mol. The van der Waals surface area contributed by atoms with Crippen molar-refractivity contribution in [3.05, 3.63) is 127 Å². The Morgan fingerprint density at radius 3 is 1.05 bits per heavy atom. The molecule has 212 valence electrons. The number of benzene rings is 4. The number of quaternary nitrogens is 1. The summed E-state index contributed by atoms with van der Waals surface area (Å²) in [5, 5.41) is 0. The first-order valence-electron chi connectivity index (χ1n) is 15.8. The Labute approximate surface area is 245 Å². The SMILES string of the molecule is CCCC[N+](CCCC)(CCCC)Cc1ccccc1.C[B-](c1ccccc1)(c1ccccc1)c1ccccc1. The van der Waals surface area contributed by atoms with E-state index in [1.54, 1.807) is 0 Å². The van der Waals surface area contributed by atoms with Crippen molar-refractivity contribution < 1.29 is 4.48 Å². The van der Waals surface area contributed by atoms with Crippen LogP contribution < -0.4 is 16.4 Å². The summed E-state index contributed by atoms with van der Waals surface area (Å²) in [5.41, 5.74) is 5.65. The Balaban J connectivity index is 0.000000220. The lowest BCUT2D eigenvalue weighted by Gasteiger charge is -2.39. The normalized spacial score (nSPS) is 11.5. The largest absolute Gasteiger partial charge is 0.320 e. The smallest absolute Gasteiger partial charge is 0.104 e. The Bertz CT molecular complexity index is 1060. The van der Waals surface area contributed by atoms with Gasteiger partial charge >= 0.3 is 0 Å². The maximum atomic E-state index is 2.36. The summed E-state index contributed by atoms with van der Waals surface area (Å²) < 4.78 is 1.31. The Hall–Kier alpha value is -3.10. The quantitative estimate of drug-likeness (QED) is 0.113. The number of hydrogen-bond donors (Lipinski definition) is 0. The van der Waals surface area contributed by atoms with Gasteiger partial charge in [-0.1, -0.05) is 161 Å². The van der Waals surface area contributed by atoms with Crippen LogP contribution >= 0.6 is 0 Å². The molecule has 0 spiro atoms. The molecule has 0 aliphatic rings. The van der Waals surface area contributed by atoms with Gasteiger partial charge in [0.15, 0.2) is 0 Å². The molecule has 0 heterocycles. The topological polar surface area (TPSA) is 0 Å². The first-order chi connectivity index (χ1) is 19.6. The number of rotatable bonds is 14. The van der Waals surface area contributed by atoms with Crippen LogP contribution in [0, 0.1) is 0 Å². The van der Waals surface area contributed by atoms with E-state index in [2.05, 4.69) is 149 Å². The lowest BCUT2D eigenvalue weighted by molar-refractivity contribution is -0.941. The molecule has 0 aromatic heterocycles. The third kappa shape index (κ3) is 8.96. The van der Waals surface area contributed by atoms with Gasteiger partial charge in [-0.05, 0) is 19.3 Å². The number of nitrogens with zero attached hydrogens (tertiary/aromatic N) is 1. The molecule has 4 rings (SSSR count). The van der Waals surface area contributed by atoms with Crippen LogP contribution in [0.3, 0.4) is 0 Å². The molecule has 4 aromatic rings. The molecule has 0 unspecified atom stereocenters. The second-order valence-electron chi connectivity index (χ2n) is 11.7. The molecule has 0 bridgehead atoms. The average molecular weight is 534 g/mol. The minimum Gasteiger partial charge on any atom is -0.320 e. The molecule has 2 heteroatoms. The zero-order valence-corrected chi connectivity index (χ0v) is 25.6. The van der Waals surface area contributed by atoms with Gasteiger partial charge < -0.3 is 4.48 Å². The van der Waals surface area contributed by atoms with E-state index in [1.807, 2.05) is 0 Å². The van der Waals surface area contributed by atoms with E-state index in [0.717, 1.165) is 0 Å². The Kier molecular flexibility index (Phi) is 13.3.